The number of aliphatic hydroxyl groups is 2. The Kier molecular flexibility index (Phi) is 6.35. The van der Waals surface area contributed by atoms with Gasteiger partial charge < -0.3 is 19.7 Å². The number of halogens is 1. The molecule has 0 saturated heterocycles. The molecule has 4 nitrogen and oxygen atoms in total. The second-order valence-corrected chi connectivity index (χ2v) is 9.04. The number of para-hydroxylation sites is 2. The summed E-state index contributed by atoms with van der Waals surface area (Å²) >= 11 is 0. The van der Waals surface area contributed by atoms with Gasteiger partial charge in [-0.05, 0) is 44.4 Å². The highest BCUT2D eigenvalue weighted by molar-refractivity contribution is 5.49. The van der Waals surface area contributed by atoms with Crippen LogP contribution < -0.4 is 9.47 Å². The van der Waals surface area contributed by atoms with Crippen molar-refractivity contribution in [3.63, 3.8) is 0 Å². The Morgan fingerprint density at radius 2 is 1.97 bits per heavy atom. The molecule has 2 aromatic carbocycles. The first-order chi connectivity index (χ1) is 14.9. The predicted octanol–water partition coefficient (Wildman–Crippen LogP) is 4.59. The van der Waals surface area contributed by atoms with E-state index in [0.717, 1.165) is 16.9 Å². The summed E-state index contributed by atoms with van der Waals surface area (Å²) in [7, 11) is 0. The molecule has 2 N–H and O–H groups in total. The third-order valence-corrected chi connectivity index (χ3v) is 6.42. The molecule has 0 spiro atoms. The molecular weight excluding hydrogens is 395 g/mol. The third-order valence-electron chi connectivity index (χ3n) is 6.42. The van der Waals surface area contributed by atoms with E-state index in [4.69, 9.17) is 9.47 Å². The molecule has 31 heavy (non-hydrogen) atoms. The normalized spacial score (nSPS) is 25.8. The molecular formula is C26H31FO4. The molecule has 0 amide bonds. The number of aryl methyl sites for hydroxylation is 1. The fourth-order valence-electron chi connectivity index (χ4n) is 4.74. The van der Waals surface area contributed by atoms with Gasteiger partial charge in [-0.1, -0.05) is 48.6 Å². The van der Waals surface area contributed by atoms with Gasteiger partial charge >= 0.3 is 0 Å². The van der Waals surface area contributed by atoms with E-state index in [9.17, 15) is 14.6 Å². The summed E-state index contributed by atoms with van der Waals surface area (Å²) in [6, 6.07) is 15.4. The maximum Gasteiger partial charge on any atom is 0.133 e. The van der Waals surface area contributed by atoms with Crippen LogP contribution in [-0.2, 0) is 6.42 Å². The first kappa shape index (κ1) is 21.8. The summed E-state index contributed by atoms with van der Waals surface area (Å²) in [5, 5.41) is 21.5. The highest BCUT2D eigenvalue weighted by atomic mass is 19.1. The number of rotatable bonds is 8. The van der Waals surface area contributed by atoms with Crippen molar-refractivity contribution in [2.24, 2.45) is 5.92 Å². The van der Waals surface area contributed by atoms with Gasteiger partial charge in [-0.25, -0.2) is 0 Å². The first-order valence-corrected chi connectivity index (χ1v) is 11.0. The van der Waals surface area contributed by atoms with Gasteiger partial charge in [-0.2, -0.15) is 0 Å². The van der Waals surface area contributed by atoms with E-state index < -0.39 is 17.8 Å². The number of aliphatic hydroxyl groups excluding tert-OH is 2. The van der Waals surface area contributed by atoms with Gasteiger partial charge in [0.2, 0.25) is 0 Å². The van der Waals surface area contributed by atoms with Crippen LogP contribution >= 0.6 is 0 Å². The number of ether oxygens (including phenoxy) is 2. The average Bonchev–Trinajstić information content (AvgIpc) is 3.25. The van der Waals surface area contributed by atoms with Crippen molar-refractivity contribution < 1.29 is 24.1 Å². The van der Waals surface area contributed by atoms with E-state index in [1.54, 1.807) is 6.08 Å². The molecule has 0 radical (unpaired) electrons. The Hall–Kier alpha value is -2.37. The molecule has 1 fully saturated rings. The van der Waals surface area contributed by atoms with Crippen LogP contribution in [0.15, 0.2) is 60.7 Å². The molecule has 1 aliphatic heterocycles. The molecule has 4 rings (SSSR count). The van der Waals surface area contributed by atoms with Gasteiger partial charge in [0.05, 0.1) is 12.8 Å². The second kappa shape index (κ2) is 9.01. The maximum atomic E-state index is 12.7. The Balaban J connectivity index is 1.51. The van der Waals surface area contributed by atoms with Gasteiger partial charge in [0.15, 0.2) is 0 Å². The lowest BCUT2D eigenvalue weighted by molar-refractivity contribution is -0.00221. The highest BCUT2D eigenvalue weighted by Crippen LogP contribution is 2.52. The minimum absolute atomic E-state index is 0.0249. The molecule has 0 aromatic heterocycles. The van der Waals surface area contributed by atoms with Gasteiger partial charge in [0.1, 0.15) is 29.3 Å². The standard InChI is InChI=1S/C26H31FO4/c1-26(2,31-18-10-4-3-5-11-18)23(29)14-13-19-21(28)16-22-24(19)20-12-6-8-17(9-7-15-27)25(20)30-22/h3-6,8,10-14,19,21-24,28-29H,7,9,15-16H2,1-2H3/b14-13+/t19-,21+,22-,23+,24-/m0/s1. The maximum absolute atomic E-state index is 12.7. The van der Waals surface area contributed by atoms with Gasteiger partial charge in [0.25, 0.3) is 0 Å². The molecule has 2 aromatic rings. The zero-order valence-corrected chi connectivity index (χ0v) is 18.1. The largest absolute Gasteiger partial charge is 0.489 e. The lowest BCUT2D eigenvalue weighted by Gasteiger charge is -2.30. The number of hydrogen-bond donors (Lipinski definition) is 2. The van der Waals surface area contributed by atoms with Crippen LogP contribution in [0.4, 0.5) is 4.39 Å². The summed E-state index contributed by atoms with van der Waals surface area (Å²) in [6.07, 6.45) is 3.80. The Bertz CT molecular complexity index is 911. The van der Waals surface area contributed by atoms with Crippen LogP contribution in [0.25, 0.3) is 0 Å². The Labute approximate surface area is 183 Å². The molecule has 1 aliphatic carbocycles. The van der Waals surface area contributed by atoms with Gasteiger partial charge in [-0.15, -0.1) is 0 Å². The van der Waals surface area contributed by atoms with Crippen molar-refractivity contribution in [1.29, 1.82) is 0 Å². The molecule has 0 unspecified atom stereocenters. The average molecular weight is 427 g/mol. The molecule has 2 aliphatic rings. The van der Waals surface area contributed by atoms with Crippen molar-refractivity contribution in [2.45, 2.75) is 62.9 Å². The van der Waals surface area contributed by atoms with Crippen molar-refractivity contribution in [2.75, 3.05) is 6.67 Å². The quantitative estimate of drug-likeness (QED) is 0.606. The van der Waals surface area contributed by atoms with Crippen LogP contribution in [0.3, 0.4) is 0 Å². The SMILES string of the molecule is CC(C)(Oc1ccccc1)[C@H](O)/C=C/[C@@H]1[C@H]2c3cccc(CCCF)c3O[C@H]2C[C@H]1O. The van der Waals surface area contributed by atoms with Gasteiger partial charge in [-0.3, -0.25) is 4.39 Å². The van der Waals surface area contributed by atoms with Crippen LogP contribution in [0, 0.1) is 5.92 Å². The molecule has 166 valence electrons. The number of alkyl halides is 1. The van der Waals surface area contributed by atoms with Crippen molar-refractivity contribution in [1.82, 2.24) is 0 Å². The summed E-state index contributed by atoms with van der Waals surface area (Å²) in [5.41, 5.74) is 1.27. The van der Waals surface area contributed by atoms with Gasteiger partial charge in [0, 0.05) is 23.8 Å². The van der Waals surface area contributed by atoms with Crippen molar-refractivity contribution in [3.8, 4) is 11.5 Å². The number of hydrogen-bond acceptors (Lipinski definition) is 4. The highest BCUT2D eigenvalue weighted by Gasteiger charge is 2.49. The minimum Gasteiger partial charge on any atom is -0.489 e. The van der Waals surface area contributed by atoms with Crippen LogP contribution in [0.2, 0.25) is 0 Å². The van der Waals surface area contributed by atoms with E-state index in [1.807, 2.05) is 68.5 Å². The molecule has 1 saturated carbocycles. The topological polar surface area (TPSA) is 58.9 Å². The Morgan fingerprint density at radius 3 is 2.71 bits per heavy atom. The second-order valence-electron chi connectivity index (χ2n) is 9.04. The number of benzene rings is 2. The third kappa shape index (κ3) is 4.48. The summed E-state index contributed by atoms with van der Waals surface area (Å²) in [5.74, 6) is 1.41. The van der Waals surface area contributed by atoms with E-state index >= 15 is 0 Å². The summed E-state index contributed by atoms with van der Waals surface area (Å²) < 4.78 is 24.9. The molecule has 5 atom stereocenters. The zero-order chi connectivity index (χ0) is 22.0. The fraction of sp³-hybridized carbons (Fsp3) is 0.462. The Morgan fingerprint density at radius 1 is 1.19 bits per heavy atom. The monoisotopic (exact) mass is 426 g/mol. The lowest BCUT2D eigenvalue weighted by Crippen LogP contribution is -2.41. The van der Waals surface area contributed by atoms with E-state index in [1.165, 1.54) is 0 Å². The summed E-state index contributed by atoms with van der Waals surface area (Å²) in [4.78, 5) is 0. The van der Waals surface area contributed by atoms with Crippen molar-refractivity contribution >= 4 is 0 Å². The zero-order valence-electron chi connectivity index (χ0n) is 18.1. The van der Waals surface area contributed by atoms with E-state index in [0.29, 0.717) is 25.0 Å². The lowest BCUT2D eigenvalue weighted by atomic mass is 9.86. The smallest absolute Gasteiger partial charge is 0.133 e. The minimum atomic E-state index is -0.850. The van der Waals surface area contributed by atoms with Crippen molar-refractivity contribution in [3.05, 3.63) is 71.8 Å². The molecule has 5 heteroatoms. The molecule has 1 heterocycles. The van der Waals surface area contributed by atoms with E-state index in [-0.39, 0.29) is 24.6 Å². The predicted molar refractivity (Wildman–Crippen MR) is 118 cm³/mol. The van der Waals surface area contributed by atoms with Crippen LogP contribution in [0.1, 0.15) is 43.7 Å². The number of fused-ring (bicyclic) bond motifs is 3. The van der Waals surface area contributed by atoms with Crippen LogP contribution in [-0.4, -0.2) is 40.8 Å². The summed E-state index contributed by atoms with van der Waals surface area (Å²) in [6.45, 7) is 3.33. The fourth-order valence-corrected chi connectivity index (χ4v) is 4.74. The molecule has 0 bridgehead atoms. The van der Waals surface area contributed by atoms with Crippen LogP contribution in [0.5, 0.6) is 11.5 Å². The van der Waals surface area contributed by atoms with E-state index in [2.05, 4.69) is 0 Å². The first-order valence-electron chi connectivity index (χ1n) is 11.0.